The molecule has 6 nitrogen and oxygen atoms in total. The summed E-state index contributed by atoms with van der Waals surface area (Å²) in [6.45, 7) is 8.32. The summed E-state index contributed by atoms with van der Waals surface area (Å²) in [5, 5.41) is 17.0. The molecule has 1 rings (SSSR count). The van der Waals surface area contributed by atoms with E-state index in [0.29, 0.717) is 17.1 Å². The molecule has 0 aliphatic heterocycles. The second-order valence-corrected chi connectivity index (χ2v) is 7.37. The number of carbonyl (C=O) groups excluding carboxylic acids is 1. The highest BCUT2D eigenvalue weighted by Crippen LogP contribution is 2.25. The molecule has 1 atom stereocenters. The Bertz CT molecular complexity index is 463. The third-order valence-corrected chi connectivity index (χ3v) is 3.42. The van der Waals surface area contributed by atoms with Crippen molar-refractivity contribution in [2.75, 3.05) is 27.2 Å². The fourth-order valence-electron chi connectivity index (χ4n) is 1.92. The predicted octanol–water partition coefficient (Wildman–Crippen LogP) is 0.878. The highest BCUT2D eigenvalue weighted by Gasteiger charge is 2.28. The lowest BCUT2D eigenvalue weighted by molar-refractivity contribution is 0.0326. The number of likely N-dealkylation sites (N-methyl/N-ethyl adjacent to an activating group) is 1. The molecule has 0 fully saturated rings. The van der Waals surface area contributed by atoms with Crippen LogP contribution in [0, 0.1) is 0 Å². The molecular weight excluding hydrogens is 276 g/mol. The molecule has 20 heavy (non-hydrogen) atoms. The summed E-state index contributed by atoms with van der Waals surface area (Å²) in [7, 11) is 3.75. The van der Waals surface area contributed by atoms with Crippen LogP contribution in [0.3, 0.4) is 0 Å². The number of nitrogens with zero attached hydrogens (tertiary/aromatic N) is 3. The molecule has 0 radical (unpaired) electrons. The maximum Gasteiger partial charge on any atom is 0.265 e. The van der Waals surface area contributed by atoms with Crippen LogP contribution in [0.15, 0.2) is 0 Å². The average molecular weight is 300 g/mol. The largest absolute Gasteiger partial charge is 0.387 e. The summed E-state index contributed by atoms with van der Waals surface area (Å²) >= 11 is 1.08. The molecule has 0 saturated heterocycles. The summed E-state index contributed by atoms with van der Waals surface area (Å²) < 4.78 is 3.86. The zero-order chi connectivity index (χ0) is 15.6. The smallest absolute Gasteiger partial charge is 0.265 e. The Hall–Kier alpha value is -1.05. The van der Waals surface area contributed by atoms with E-state index in [9.17, 15) is 9.90 Å². The Balaban J connectivity index is 2.72. The maximum atomic E-state index is 12.2. The quantitative estimate of drug-likeness (QED) is 0.844. The highest BCUT2D eigenvalue weighted by atomic mass is 32.1. The van der Waals surface area contributed by atoms with Crippen LogP contribution < -0.4 is 5.32 Å². The summed E-state index contributed by atoms with van der Waals surface area (Å²) in [4.78, 5) is 14.6. The van der Waals surface area contributed by atoms with E-state index in [1.54, 1.807) is 6.92 Å². The molecule has 1 unspecified atom stereocenters. The van der Waals surface area contributed by atoms with Crippen molar-refractivity contribution in [3.05, 3.63) is 10.6 Å². The number of hydrogen-bond donors (Lipinski definition) is 2. The van der Waals surface area contributed by atoms with Gasteiger partial charge in [-0.3, -0.25) is 4.79 Å². The van der Waals surface area contributed by atoms with Gasteiger partial charge in [-0.05, 0) is 32.6 Å². The molecule has 0 saturated carbocycles. The third kappa shape index (κ3) is 4.81. The van der Waals surface area contributed by atoms with Gasteiger partial charge in [-0.2, -0.15) is 0 Å². The van der Waals surface area contributed by atoms with Crippen molar-refractivity contribution in [3.63, 3.8) is 0 Å². The number of hydrogen-bond acceptors (Lipinski definition) is 6. The Kier molecular flexibility index (Phi) is 5.23. The van der Waals surface area contributed by atoms with E-state index in [0.717, 1.165) is 11.5 Å². The van der Waals surface area contributed by atoms with Crippen LogP contribution in [-0.4, -0.2) is 58.3 Å². The van der Waals surface area contributed by atoms with Gasteiger partial charge in [0.1, 0.15) is 4.88 Å². The first-order valence-electron chi connectivity index (χ1n) is 6.51. The van der Waals surface area contributed by atoms with Crippen molar-refractivity contribution >= 4 is 17.4 Å². The van der Waals surface area contributed by atoms with E-state index in [4.69, 9.17) is 0 Å². The van der Waals surface area contributed by atoms with Gasteiger partial charge in [-0.1, -0.05) is 25.3 Å². The average Bonchev–Trinajstić information content (AvgIpc) is 2.72. The molecule has 114 valence electrons. The van der Waals surface area contributed by atoms with Crippen molar-refractivity contribution in [2.45, 2.75) is 38.7 Å². The van der Waals surface area contributed by atoms with Gasteiger partial charge in [0.15, 0.2) is 0 Å². The molecule has 0 aliphatic rings. The van der Waals surface area contributed by atoms with Gasteiger partial charge in [0.2, 0.25) is 0 Å². The van der Waals surface area contributed by atoms with Crippen molar-refractivity contribution < 1.29 is 9.90 Å². The van der Waals surface area contributed by atoms with Gasteiger partial charge in [-0.15, -0.1) is 5.10 Å². The molecule has 1 heterocycles. The standard InChI is InChI=1S/C13H24N4O2S/c1-12(2,3)10-9(20-16-15-10)11(18)14-7-13(4,19)8-17(5)6/h19H,7-8H2,1-6H3,(H,14,18). The molecular formula is C13H24N4O2S. The first kappa shape index (κ1) is 17.0. The van der Waals surface area contributed by atoms with Gasteiger partial charge in [-0.25, -0.2) is 0 Å². The normalized spacial score (nSPS) is 15.2. The Morgan fingerprint density at radius 3 is 2.45 bits per heavy atom. The second-order valence-electron chi connectivity index (χ2n) is 6.62. The lowest BCUT2D eigenvalue weighted by Gasteiger charge is -2.27. The summed E-state index contributed by atoms with van der Waals surface area (Å²) in [5.41, 5.74) is -0.516. The van der Waals surface area contributed by atoms with Crippen LogP contribution in [0.5, 0.6) is 0 Å². The lowest BCUT2D eigenvalue weighted by atomic mass is 9.91. The minimum atomic E-state index is -0.973. The van der Waals surface area contributed by atoms with Gasteiger partial charge in [0.05, 0.1) is 11.3 Å². The predicted molar refractivity (Wildman–Crippen MR) is 80.1 cm³/mol. The van der Waals surface area contributed by atoms with Gasteiger partial charge in [0, 0.05) is 18.5 Å². The fourth-order valence-corrected chi connectivity index (χ4v) is 2.71. The molecule has 7 heteroatoms. The molecule has 2 N–H and O–H groups in total. The minimum absolute atomic E-state index is 0.186. The SMILES string of the molecule is CN(C)CC(C)(O)CNC(=O)c1snnc1C(C)(C)C. The van der Waals surface area contributed by atoms with Crippen LogP contribution in [0.25, 0.3) is 0 Å². The van der Waals surface area contributed by atoms with Gasteiger partial charge < -0.3 is 15.3 Å². The Morgan fingerprint density at radius 1 is 1.35 bits per heavy atom. The number of aliphatic hydroxyl groups is 1. The summed E-state index contributed by atoms with van der Waals surface area (Å²) in [6.07, 6.45) is 0. The van der Waals surface area contributed by atoms with Crippen LogP contribution in [0.2, 0.25) is 0 Å². The Labute approximate surface area is 124 Å². The number of carbonyl (C=O) groups is 1. The van der Waals surface area contributed by atoms with E-state index in [-0.39, 0.29) is 17.9 Å². The number of nitrogens with one attached hydrogen (secondary N) is 1. The van der Waals surface area contributed by atoms with E-state index in [1.165, 1.54) is 0 Å². The molecule has 1 aromatic rings. The van der Waals surface area contributed by atoms with Crippen molar-refractivity contribution in [2.24, 2.45) is 0 Å². The summed E-state index contributed by atoms with van der Waals surface area (Å²) in [6, 6.07) is 0. The van der Waals surface area contributed by atoms with Crippen LogP contribution in [0.4, 0.5) is 0 Å². The number of aromatic nitrogens is 2. The van der Waals surface area contributed by atoms with Crippen LogP contribution >= 0.6 is 11.5 Å². The molecule has 0 spiro atoms. The first-order chi connectivity index (χ1) is 9.03. The molecule has 1 aromatic heterocycles. The number of amides is 1. The zero-order valence-corrected chi connectivity index (χ0v) is 13.8. The van der Waals surface area contributed by atoms with Gasteiger partial charge >= 0.3 is 0 Å². The van der Waals surface area contributed by atoms with E-state index in [2.05, 4.69) is 14.9 Å². The molecule has 0 aliphatic carbocycles. The van der Waals surface area contributed by atoms with E-state index < -0.39 is 5.60 Å². The third-order valence-electron chi connectivity index (χ3n) is 2.69. The highest BCUT2D eigenvalue weighted by molar-refractivity contribution is 7.08. The molecule has 1 amide bonds. The lowest BCUT2D eigenvalue weighted by Crippen LogP contribution is -2.47. The topological polar surface area (TPSA) is 78.4 Å². The molecule has 0 aromatic carbocycles. The minimum Gasteiger partial charge on any atom is -0.387 e. The van der Waals surface area contributed by atoms with Gasteiger partial charge in [0.25, 0.3) is 5.91 Å². The second kappa shape index (κ2) is 6.15. The van der Waals surface area contributed by atoms with Crippen LogP contribution in [0.1, 0.15) is 43.1 Å². The van der Waals surface area contributed by atoms with Crippen molar-refractivity contribution in [1.82, 2.24) is 19.8 Å². The monoisotopic (exact) mass is 300 g/mol. The van der Waals surface area contributed by atoms with E-state index in [1.807, 2.05) is 39.8 Å². The van der Waals surface area contributed by atoms with Crippen molar-refractivity contribution in [1.29, 1.82) is 0 Å². The Morgan fingerprint density at radius 2 is 1.95 bits per heavy atom. The molecule has 0 bridgehead atoms. The fraction of sp³-hybridized carbons (Fsp3) is 0.769. The maximum absolute atomic E-state index is 12.2. The number of rotatable bonds is 5. The van der Waals surface area contributed by atoms with Crippen molar-refractivity contribution in [3.8, 4) is 0 Å². The van der Waals surface area contributed by atoms with Crippen LogP contribution in [-0.2, 0) is 5.41 Å². The van der Waals surface area contributed by atoms with E-state index >= 15 is 0 Å². The first-order valence-corrected chi connectivity index (χ1v) is 7.28. The zero-order valence-electron chi connectivity index (χ0n) is 13.0. The summed E-state index contributed by atoms with van der Waals surface area (Å²) in [5.74, 6) is -0.232.